The Morgan fingerprint density at radius 2 is 1.86 bits per heavy atom. The topological polar surface area (TPSA) is 50.3 Å². The first kappa shape index (κ1) is 18.4. The van der Waals surface area contributed by atoms with Gasteiger partial charge in [-0.05, 0) is 62.9 Å². The molecule has 0 bridgehead atoms. The minimum atomic E-state index is 0.407. The van der Waals surface area contributed by atoms with E-state index in [2.05, 4.69) is 69.9 Å². The molecule has 5 nitrogen and oxygen atoms in total. The van der Waals surface area contributed by atoms with Crippen LogP contribution in [0.3, 0.4) is 0 Å². The van der Waals surface area contributed by atoms with Crippen LogP contribution in [-0.4, -0.2) is 48.4 Å². The second kappa shape index (κ2) is 7.64. The zero-order valence-electron chi connectivity index (χ0n) is 17.2. The first-order chi connectivity index (χ1) is 14.2. The smallest absolute Gasteiger partial charge is 0.156 e. The van der Waals surface area contributed by atoms with Crippen LogP contribution in [0, 0.1) is 0 Å². The summed E-state index contributed by atoms with van der Waals surface area (Å²) in [5, 5.41) is 15.1. The number of anilines is 1. The predicted octanol–water partition coefficient (Wildman–Crippen LogP) is 4.69. The van der Waals surface area contributed by atoms with Gasteiger partial charge in [0.15, 0.2) is 5.82 Å². The molecule has 1 saturated carbocycles. The van der Waals surface area contributed by atoms with Gasteiger partial charge in [-0.25, -0.2) is 0 Å². The van der Waals surface area contributed by atoms with Gasteiger partial charge in [0.25, 0.3) is 0 Å². The van der Waals surface area contributed by atoms with Crippen LogP contribution < -0.4 is 10.1 Å². The summed E-state index contributed by atoms with van der Waals surface area (Å²) < 4.78 is 5.74. The van der Waals surface area contributed by atoms with E-state index in [1.54, 1.807) is 7.11 Å². The number of nitrogens with one attached hydrogen (secondary N) is 1. The number of piperidine rings is 1. The third kappa shape index (κ3) is 3.67. The zero-order chi connectivity index (χ0) is 19.8. The lowest BCUT2D eigenvalue weighted by atomic mass is 10.0. The van der Waals surface area contributed by atoms with Crippen molar-refractivity contribution in [2.24, 2.45) is 0 Å². The molecule has 1 aliphatic carbocycles. The summed E-state index contributed by atoms with van der Waals surface area (Å²) in [5.74, 6) is 2.45. The minimum Gasteiger partial charge on any atom is -0.496 e. The molecule has 1 aliphatic heterocycles. The van der Waals surface area contributed by atoms with Crippen molar-refractivity contribution >= 4 is 16.6 Å². The Labute approximate surface area is 172 Å². The summed E-state index contributed by atoms with van der Waals surface area (Å²) in [6, 6.07) is 15.3. The molecule has 2 aromatic carbocycles. The molecule has 29 heavy (non-hydrogen) atoms. The quantitative estimate of drug-likeness (QED) is 0.687. The lowest BCUT2D eigenvalue weighted by Crippen LogP contribution is -2.40. The minimum absolute atomic E-state index is 0.407. The molecule has 150 valence electrons. The van der Waals surface area contributed by atoms with Crippen LogP contribution in [0.2, 0.25) is 0 Å². The fourth-order valence-corrected chi connectivity index (χ4v) is 4.46. The van der Waals surface area contributed by atoms with Gasteiger partial charge in [-0.15, -0.1) is 10.2 Å². The molecule has 0 amide bonds. The van der Waals surface area contributed by atoms with E-state index in [-0.39, 0.29) is 0 Å². The van der Waals surface area contributed by atoms with Crippen molar-refractivity contribution in [3.05, 3.63) is 48.0 Å². The van der Waals surface area contributed by atoms with Gasteiger partial charge in [0.1, 0.15) is 11.4 Å². The highest BCUT2D eigenvalue weighted by Gasteiger charge is 2.25. The van der Waals surface area contributed by atoms with E-state index < -0.39 is 0 Å². The van der Waals surface area contributed by atoms with Crippen molar-refractivity contribution in [3.8, 4) is 17.0 Å². The standard InChI is InChI=1S/C24H28N4O/c1-28-13-5-6-18(15-28)25-24-20-8-4-3-7-19(20)23(26-27-24)21-12-11-17(16-9-10-16)14-22(21)29-2/h3-4,7-8,11-12,14,16,18H,5-6,9-10,13,15H2,1-2H3,(H,25,27)/t18-/m1/s1. The summed E-state index contributed by atoms with van der Waals surface area (Å²) in [7, 11) is 3.92. The molecule has 0 spiro atoms. The number of benzene rings is 2. The Balaban J connectivity index is 1.54. The average Bonchev–Trinajstić information content (AvgIpc) is 3.59. The Morgan fingerprint density at radius 3 is 2.62 bits per heavy atom. The molecule has 5 heteroatoms. The fraction of sp³-hybridized carbons (Fsp3) is 0.417. The van der Waals surface area contributed by atoms with Crippen molar-refractivity contribution < 1.29 is 4.74 Å². The number of nitrogens with zero attached hydrogens (tertiary/aromatic N) is 3. The largest absolute Gasteiger partial charge is 0.496 e. The molecule has 1 aromatic heterocycles. The van der Waals surface area contributed by atoms with E-state index in [4.69, 9.17) is 4.74 Å². The molecule has 2 aliphatic rings. The average molecular weight is 389 g/mol. The SMILES string of the molecule is COc1cc(C2CC2)ccc1-c1nnc(N[C@@H]2CCCN(C)C2)c2ccccc12. The van der Waals surface area contributed by atoms with Gasteiger partial charge in [-0.3, -0.25) is 0 Å². The van der Waals surface area contributed by atoms with Crippen molar-refractivity contribution in [1.82, 2.24) is 15.1 Å². The van der Waals surface area contributed by atoms with Crippen LogP contribution in [0.1, 0.15) is 37.2 Å². The molecule has 3 aromatic rings. The summed E-state index contributed by atoms with van der Waals surface area (Å²) in [6.07, 6.45) is 4.94. The highest BCUT2D eigenvalue weighted by molar-refractivity contribution is 6.01. The van der Waals surface area contributed by atoms with Gasteiger partial charge in [0.2, 0.25) is 0 Å². The van der Waals surface area contributed by atoms with E-state index >= 15 is 0 Å². The third-order valence-corrected chi connectivity index (χ3v) is 6.18. The molecular formula is C24H28N4O. The molecule has 1 N–H and O–H groups in total. The molecule has 0 radical (unpaired) electrons. The van der Waals surface area contributed by atoms with Gasteiger partial charge in [0.05, 0.1) is 7.11 Å². The van der Waals surface area contributed by atoms with Crippen LogP contribution in [0.4, 0.5) is 5.82 Å². The number of rotatable bonds is 5. The normalized spacial score (nSPS) is 20.0. The summed E-state index contributed by atoms with van der Waals surface area (Å²) in [4.78, 5) is 2.37. The monoisotopic (exact) mass is 388 g/mol. The summed E-state index contributed by atoms with van der Waals surface area (Å²) in [6.45, 7) is 2.20. The second-order valence-corrected chi connectivity index (χ2v) is 8.42. The molecule has 1 atom stereocenters. The van der Waals surface area contributed by atoms with Crippen molar-refractivity contribution in [2.75, 3.05) is 32.6 Å². The highest BCUT2D eigenvalue weighted by Crippen LogP contribution is 2.43. The van der Waals surface area contributed by atoms with Gasteiger partial charge in [-0.2, -0.15) is 0 Å². The molecule has 0 unspecified atom stereocenters. The predicted molar refractivity (Wildman–Crippen MR) is 118 cm³/mol. The van der Waals surface area contributed by atoms with Gasteiger partial charge >= 0.3 is 0 Å². The number of likely N-dealkylation sites (tertiary alicyclic amines) is 1. The Morgan fingerprint density at radius 1 is 1.03 bits per heavy atom. The fourth-order valence-electron chi connectivity index (χ4n) is 4.46. The number of ether oxygens (including phenoxy) is 1. The van der Waals surface area contributed by atoms with E-state index in [0.29, 0.717) is 12.0 Å². The van der Waals surface area contributed by atoms with Crippen molar-refractivity contribution in [3.63, 3.8) is 0 Å². The number of hydrogen-bond acceptors (Lipinski definition) is 5. The first-order valence-electron chi connectivity index (χ1n) is 10.6. The van der Waals surface area contributed by atoms with Crippen LogP contribution in [0.5, 0.6) is 5.75 Å². The van der Waals surface area contributed by atoms with Crippen molar-refractivity contribution in [1.29, 1.82) is 0 Å². The van der Waals surface area contributed by atoms with Gasteiger partial charge in [0, 0.05) is 28.9 Å². The number of likely N-dealkylation sites (N-methyl/N-ethyl adjacent to an activating group) is 1. The molecule has 5 rings (SSSR count). The number of aromatic nitrogens is 2. The third-order valence-electron chi connectivity index (χ3n) is 6.18. The van der Waals surface area contributed by atoms with Crippen LogP contribution in [-0.2, 0) is 0 Å². The van der Waals surface area contributed by atoms with Gasteiger partial charge in [-0.1, -0.05) is 30.3 Å². The van der Waals surface area contributed by atoms with E-state index in [1.807, 2.05) is 0 Å². The lowest BCUT2D eigenvalue weighted by molar-refractivity contribution is 0.261. The first-order valence-corrected chi connectivity index (χ1v) is 10.6. The zero-order valence-corrected chi connectivity index (χ0v) is 17.2. The maximum absolute atomic E-state index is 5.74. The number of hydrogen-bond donors (Lipinski definition) is 1. The number of methoxy groups -OCH3 is 1. The van der Waals surface area contributed by atoms with Gasteiger partial charge < -0.3 is 15.0 Å². The molecule has 2 fully saturated rings. The van der Waals surface area contributed by atoms with Crippen LogP contribution in [0.25, 0.3) is 22.0 Å². The summed E-state index contributed by atoms with van der Waals surface area (Å²) in [5.41, 5.74) is 3.25. The van der Waals surface area contributed by atoms with Crippen LogP contribution in [0.15, 0.2) is 42.5 Å². The Kier molecular flexibility index (Phi) is 4.84. The maximum Gasteiger partial charge on any atom is 0.156 e. The van der Waals surface area contributed by atoms with E-state index in [9.17, 15) is 0 Å². The van der Waals surface area contributed by atoms with Crippen molar-refractivity contribution in [2.45, 2.75) is 37.6 Å². The molecule has 1 saturated heterocycles. The number of fused-ring (bicyclic) bond motifs is 1. The highest BCUT2D eigenvalue weighted by atomic mass is 16.5. The van der Waals surface area contributed by atoms with Crippen LogP contribution >= 0.6 is 0 Å². The molecule has 2 heterocycles. The van der Waals surface area contributed by atoms with E-state index in [1.165, 1.54) is 37.8 Å². The Hall–Kier alpha value is -2.66. The van der Waals surface area contributed by atoms with E-state index in [0.717, 1.165) is 40.1 Å². The molecular weight excluding hydrogens is 360 g/mol. The summed E-state index contributed by atoms with van der Waals surface area (Å²) >= 11 is 0. The maximum atomic E-state index is 5.74. The Bertz CT molecular complexity index is 1030. The lowest BCUT2D eigenvalue weighted by Gasteiger charge is -2.30. The second-order valence-electron chi connectivity index (χ2n) is 8.42.